The Hall–Kier alpha value is -1.40. The van der Waals surface area contributed by atoms with Crippen LogP contribution in [0.4, 0.5) is 0 Å². The first-order valence-corrected chi connectivity index (χ1v) is 9.62. The second-order valence-electron chi connectivity index (χ2n) is 6.17. The van der Waals surface area contributed by atoms with Gasteiger partial charge in [-0.1, -0.05) is 30.3 Å². The van der Waals surface area contributed by atoms with Crippen molar-refractivity contribution in [1.29, 1.82) is 0 Å². The van der Waals surface area contributed by atoms with Crippen molar-refractivity contribution in [2.45, 2.75) is 25.4 Å². The second kappa shape index (κ2) is 6.38. The molecule has 0 bridgehead atoms. The fourth-order valence-corrected chi connectivity index (χ4v) is 4.05. The Bertz CT molecular complexity index is 612. The third-order valence-corrected chi connectivity index (χ3v) is 5.91. The van der Waals surface area contributed by atoms with Crippen molar-refractivity contribution >= 4 is 15.7 Å². The number of nitrogens with zero attached hydrogens (tertiary/aromatic N) is 2. The highest BCUT2D eigenvalue weighted by Gasteiger charge is 2.33. The molecule has 6 heteroatoms. The third kappa shape index (κ3) is 4.08. The Balaban J connectivity index is 1.59. The van der Waals surface area contributed by atoms with E-state index >= 15 is 0 Å². The monoisotopic (exact) mass is 322 g/mol. The van der Waals surface area contributed by atoms with Gasteiger partial charge in [0.15, 0.2) is 9.84 Å². The zero-order valence-corrected chi connectivity index (χ0v) is 13.5. The maximum atomic E-state index is 12.6. The molecule has 1 aliphatic carbocycles. The van der Waals surface area contributed by atoms with Crippen LogP contribution in [-0.4, -0.2) is 61.3 Å². The molecule has 0 unspecified atom stereocenters. The Morgan fingerprint density at radius 1 is 1.14 bits per heavy atom. The van der Waals surface area contributed by atoms with E-state index < -0.39 is 9.84 Å². The number of carbonyl (C=O) groups is 1. The molecule has 2 aliphatic rings. The van der Waals surface area contributed by atoms with Crippen molar-refractivity contribution in [2.24, 2.45) is 0 Å². The molecular weight excluding hydrogens is 300 g/mol. The number of hydrogen-bond donors (Lipinski definition) is 0. The lowest BCUT2D eigenvalue weighted by atomic mass is 10.2. The zero-order chi connectivity index (χ0) is 15.6. The number of benzene rings is 1. The third-order valence-electron chi connectivity index (χ3n) is 4.30. The molecule has 1 amide bonds. The normalized spacial score (nSPS) is 21.5. The average molecular weight is 322 g/mol. The smallest absolute Gasteiger partial charge is 0.237 e. The standard InChI is InChI=1S/C16H22N2O3S/c19-16(13-17-8-10-22(20,21)11-9-17)18(15-6-7-15)12-14-4-2-1-3-5-14/h1-5,15H,6-13H2. The number of rotatable bonds is 5. The van der Waals surface area contributed by atoms with E-state index in [0.29, 0.717) is 32.2 Å². The lowest BCUT2D eigenvalue weighted by molar-refractivity contribution is -0.133. The molecule has 0 radical (unpaired) electrons. The number of carbonyl (C=O) groups excluding carboxylic acids is 1. The summed E-state index contributed by atoms with van der Waals surface area (Å²) in [6.45, 7) is 1.92. The van der Waals surface area contributed by atoms with Gasteiger partial charge in [0, 0.05) is 25.7 Å². The highest BCUT2D eigenvalue weighted by atomic mass is 32.2. The van der Waals surface area contributed by atoms with Crippen LogP contribution in [0.25, 0.3) is 0 Å². The molecule has 2 fully saturated rings. The summed E-state index contributed by atoms with van der Waals surface area (Å²) < 4.78 is 22.9. The maximum Gasteiger partial charge on any atom is 0.237 e. The summed E-state index contributed by atoms with van der Waals surface area (Å²) in [7, 11) is -2.89. The summed E-state index contributed by atoms with van der Waals surface area (Å²) in [5.41, 5.74) is 1.14. The van der Waals surface area contributed by atoms with Crippen LogP contribution in [0.1, 0.15) is 18.4 Å². The summed E-state index contributed by atoms with van der Waals surface area (Å²) in [5, 5.41) is 0. The Labute approximate surface area is 131 Å². The first-order valence-electron chi connectivity index (χ1n) is 7.80. The lowest BCUT2D eigenvalue weighted by Crippen LogP contribution is -2.46. The lowest BCUT2D eigenvalue weighted by Gasteiger charge is -2.29. The van der Waals surface area contributed by atoms with Crippen molar-refractivity contribution in [2.75, 3.05) is 31.1 Å². The number of sulfone groups is 1. The van der Waals surface area contributed by atoms with E-state index in [0.717, 1.165) is 18.4 Å². The minimum absolute atomic E-state index is 0.116. The van der Waals surface area contributed by atoms with Gasteiger partial charge in [0.25, 0.3) is 0 Å². The molecule has 1 saturated carbocycles. The van der Waals surface area contributed by atoms with Crippen LogP contribution in [0.3, 0.4) is 0 Å². The highest BCUT2D eigenvalue weighted by Crippen LogP contribution is 2.28. The minimum Gasteiger partial charge on any atom is -0.334 e. The molecule has 0 aromatic heterocycles. The van der Waals surface area contributed by atoms with Crippen molar-refractivity contribution in [3.8, 4) is 0 Å². The SMILES string of the molecule is O=C(CN1CCS(=O)(=O)CC1)N(Cc1ccccc1)C1CC1. The van der Waals surface area contributed by atoms with Gasteiger partial charge in [-0.15, -0.1) is 0 Å². The fourth-order valence-electron chi connectivity index (χ4n) is 2.78. The molecule has 1 aromatic rings. The second-order valence-corrected chi connectivity index (χ2v) is 8.47. The van der Waals surface area contributed by atoms with Crippen LogP contribution in [0.15, 0.2) is 30.3 Å². The summed E-state index contributed by atoms with van der Waals surface area (Å²) in [5.74, 6) is 0.454. The first-order chi connectivity index (χ1) is 10.5. The van der Waals surface area contributed by atoms with E-state index in [1.54, 1.807) is 0 Å². The van der Waals surface area contributed by atoms with Gasteiger partial charge in [0.1, 0.15) is 0 Å². The number of amides is 1. The molecule has 5 nitrogen and oxygen atoms in total. The molecule has 22 heavy (non-hydrogen) atoms. The van der Waals surface area contributed by atoms with Crippen LogP contribution in [-0.2, 0) is 21.2 Å². The largest absolute Gasteiger partial charge is 0.334 e. The van der Waals surface area contributed by atoms with E-state index in [4.69, 9.17) is 0 Å². The van der Waals surface area contributed by atoms with Crippen LogP contribution in [0.5, 0.6) is 0 Å². The van der Waals surface area contributed by atoms with Gasteiger partial charge in [-0.25, -0.2) is 8.42 Å². The van der Waals surface area contributed by atoms with Gasteiger partial charge in [-0.05, 0) is 18.4 Å². The van der Waals surface area contributed by atoms with E-state index in [1.807, 2.05) is 40.1 Å². The van der Waals surface area contributed by atoms with Gasteiger partial charge in [-0.2, -0.15) is 0 Å². The van der Waals surface area contributed by atoms with Crippen LogP contribution < -0.4 is 0 Å². The van der Waals surface area contributed by atoms with Crippen molar-refractivity contribution in [3.05, 3.63) is 35.9 Å². The van der Waals surface area contributed by atoms with Crippen molar-refractivity contribution in [1.82, 2.24) is 9.80 Å². The first kappa shape index (κ1) is 15.5. The Morgan fingerprint density at radius 2 is 1.77 bits per heavy atom. The maximum absolute atomic E-state index is 12.6. The van der Waals surface area contributed by atoms with Crippen LogP contribution in [0, 0.1) is 0 Å². The molecule has 1 saturated heterocycles. The molecular formula is C16H22N2O3S. The Morgan fingerprint density at radius 3 is 2.36 bits per heavy atom. The molecule has 0 atom stereocenters. The molecule has 1 heterocycles. The van der Waals surface area contributed by atoms with Crippen molar-refractivity contribution < 1.29 is 13.2 Å². The molecule has 1 aliphatic heterocycles. The van der Waals surface area contributed by atoms with E-state index in [1.165, 1.54) is 0 Å². The van der Waals surface area contributed by atoms with Gasteiger partial charge in [0.05, 0.1) is 18.1 Å². The van der Waals surface area contributed by atoms with Crippen molar-refractivity contribution in [3.63, 3.8) is 0 Å². The summed E-state index contributed by atoms with van der Waals surface area (Å²) in [4.78, 5) is 16.5. The molecule has 3 rings (SSSR count). The summed E-state index contributed by atoms with van der Waals surface area (Å²) in [6.07, 6.45) is 2.15. The van der Waals surface area contributed by atoms with Gasteiger partial charge in [-0.3, -0.25) is 9.69 Å². The molecule has 0 N–H and O–H groups in total. The quantitative estimate of drug-likeness (QED) is 0.808. The van der Waals surface area contributed by atoms with Crippen LogP contribution in [0.2, 0.25) is 0 Å². The Kier molecular flexibility index (Phi) is 4.49. The fraction of sp³-hybridized carbons (Fsp3) is 0.562. The van der Waals surface area contributed by atoms with E-state index in [2.05, 4.69) is 0 Å². The van der Waals surface area contributed by atoms with E-state index in [9.17, 15) is 13.2 Å². The molecule has 0 spiro atoms. The highest BCUT2D eigenvalue weighted by molar-refractivity contribution is 7.91. The summed E-state index contributed by atoms with van der Waals surface area (Å²) >= 11 is 0. The number of hydrogen-bond acceptors (Lipinski definition) is 4. The average Bonchev–Trinajstić information content (AvgIpc) is 3.32. The minimum atomic E-state index is -2.89. The zero-order valence-electron chi connectivity index (χ0n) is 12.6. The predicted molar refractivity (Wildman–Crippen MR) is 85.1 cm³/mol. The predicted octanol–water partition coefficient (Wildman–Crippen LogP) is 0.908. The molecule has 120 valence electrons. The van der Waals surface area contributed by atoms with Gasteiger partial charge in [0.2, 0.25) is 5.91 Å². The topological polar surface area (TPSA) is 57.7 Å². The van der Waals surface area contributed by atoms with Gasteiger partial charge < -0.3 is 4.90 Å². The van der Waals surface area contributed by atoms with Crippen LogP contribution >= 0.6 is 0 Å². The summed E-state index contributed by atoms with van der Waals surface area (Å²) in [6, 6.07) is 10.4. The van der Waals surface area contributed by atoms with Gasteiger partial charge >= 0.3 is 0 Å². The molecule has 1 aromatic carbocycles. The van der Waals surface area contributed by atoms with E-state index in [-0.39, 0.29) is 17.4 Å².